The number of halogens is 1. The molecular weight excluding hydrogens is 226 g/mol. The van der Waals surface area contributed by atoms with Crippen LogP contribution in [0.15, 0.2) is 30.5 Å². The maximum absolute atomic E-state index is 9.61. The third-order valence-corrected chi connectivity index (χ3v) is 2.66. The highest BCUT2D eigenvalue weighted by Crippen LogP contribution is 2.20. The van der Waals surface area contributed by atoms with Crippen molar-refractivity contribution in [2.75, 3.05) is 0 Å². The average Bonchev–Trinajstić information content (AvgIpc) is 2.78. The van der Waals surface area contributed by atoms with Gasteiger partial charge in [0.05, 0.1) is 23.0 Å². The number of aliphatic hydroxyl groups excluding tert-OH is 1. The molecule has 0 amide bonds. The van der Waals surface area contributed by atoms with Gasteiger partial charge in [0.1, 0.15) is 5.69 Å². The molecule has 4 nitrogen and oxygen atoms in total. The van der Waals surface area contributed by atoms with Gasteiger partial charge in [-0.15, -0.1) is 5.10 Å². The van der Waals surface area contributed by atoms with Gasteiger partial charge in [-0.05, 0) is 18.6 Å². The summed E-state index contributed by atoms with van der Waals surface area (Å²) in [5, 5.41) is 18.1. The minimum Gasteiger partial charge on any atom is -0.387 e. The molecule has 1 aromatic carbocycles. The Morgan fingerprint density at radius 1 is 1.44 bits per heavy atom. The maximum atomic E-state index is 9.61. The minimum absolute atomic E-state index is 0.558. The van der Waals surface area contributed by atoms with Crippen LogP contribution in [0, 0.1) is 0 Å². The van der Waals surface area contributed by atoms with Crippen LogP contribution in [0.5, 0.6) is 0 Å². The predicted molar refractivity (Wildman–Crippen MR) is 61.6 cm³/mol. The Bertz CT molecular complexity index is 484. The first-order valence-corrected chi connectivity index (χ1v) is 5.45. The Morgan fingerprint density at radius 3 is 2.88 bits per heavy atom. The zero-order chi connectivity index (χ0) is 11.5. The van der Waals surface area contributed by atoms with Crippen molar-refractivity contribution in [3.63, 3.8) is 0 Å². The first-order valence-electron chi connectivity index (χ1n) is 5.07. The molecule has 16 heavy (non-hydrogen) atoms. The molecule has 5 heteroatoms. The Labute approximate surface area is 98.5 Å². The van der Waals surface area contributed by atoms with Gasteiger partial charge < -0.3 is 5.11 Å². The first kappa shape index (κ1) is 11.1. The highest BCUT2D eigenvalue weighted by atomic mass is 35.5. The van der Waals surface area contributed by atoms with Crippen LogP contribution >= 0.6 is 11.6 Å². The number of hydrogen-bond donors (Lipinski definition) is 1. The molecule has 1 N–H and O–H groups in total. The van der Waals surface area contributed by atoms with E-state index in [9.17, 15) is 5.11 Å². The lowest BCUT2D eigenvalue weighted by Crippen LogP contribution is -1.95. The second-order valence-corrected chi connectivity index (χ2v) is 3.87. The third kappa shape index (κ3) is 2.08. The van der Waals surface area contributed by atoms with Gasteiger partial charge in [0, 0.05) is 0 Å². The lowest BCUT2D eigenvalue weighted by molar-refractivity contribution is 0.169. The summed E-state index contributed by atoms with van der Waals surface area (Å²) in [6.07, 6.45) is 1.73. The van der Waals surface area contributed by atoms with Crippen LogP contribution < -0.4 is 0 Å². The minimum atomic E-state index is -0.573. The number of nitrogens with zero attached hydrogens (tertiary/aromatic N) is 3. The van der Waals surface area contributed by atoms with Crippen LogP contribution in [-0.4, -0.2) is 20.1 Å². The second-order valence-electron chi connectivity index (χ2n) is 3.46. The maximum Gasteiger partial charge on any atom is 0.112 e. The Hall–Kier alpha value is -1.39. The van der Waals surface area contributed by atoms with Crippen molar-refractivity contribution in [1.82, 2.24) is 15.0 Å². The summed E-state index contributed by atoms with van der Waals surface area (Å²) in [4.78, 5) is 0. The molecule has 0 spiro atoms. The van der Waals surface area contributed by atoms with Crippen molar-refractivity contribution < 1.29 is 5.11 Å². The number of hydrogen-bond acceptors (Lipinski definition) is 3. The van der Waals surface area contributed by atoms with Crippen molar-refractivity contribution in [2.24, 2.45) is 0 Å². The summed E-state index contributed by atoms with van der Waals surface area (Å²) in [6, 6.07) is 7.36. The number of para-hydroxylation sites is 1. The van der Waals surface area contributed by atoms with Gasteiger partial charge in [0.15, 0.2) is 0 Å². The van der Waals surface area contributed by atoms with E-state index >= 15 is 0 Å². The zero-order valence-corrected chi connectivity index (χ0v) is 9.59. The highest BCUT2D eigenvalue weighted by Gasteiger charge is 2.11. The fourth-order valence-corrected chi connectivity index (χ4v) is 1.62. The molecule has 0 saturated carbocycles. The molecular formula is C11H12ClN3O. The van der Waals surface area contributed by atoms with Gasteiger partial charge >= 0.3 is 0 Å². The highest BCUT2D eigenvalue weighted by molar-refractivity contribution is 6.32. The number of aliphatic hydroxyl groups is 1. The van der Waals surface area contributed by atoms with E-state index in [4.69, 9.17) is 11.6 Å². The lowest BCUT2D eigenvalue weighted by Gasteiger charge is -2.02. The summed E-state index contributed by atoms with van der Waals surface area (Å²) < 4.78 is 1.57. The Kier molecular flexibility index (Phi) is 3.22. The molecule has 0 aliphatic rings. The molecule has 2 aromatic rings. The molecule has 1 aromatic heterocycles. The van der Waals surface area contributed by atoms with Crippen LogP contribution in [-0.2, 0) is 0 Å². The molecule has 0 radical (unpaired) electrons. The Balaban J connectivity index is 2.35. The monoisotopic (exact) mass is 237 g/mol. The summed E-state index contributed by atoms with van der Waals surface area (Å²) in [7, 11) is 0. The number of aromatic nitrogens is 3. The molecule has 0 saturated heterocycles. The number of rotatable bonds is 3. The average molecular weight is 238 g/mol. The molecule has 2 rings (SSSR count). The van der Waals surface area contributed by atoms with Crippen molar-refractivity contribution in [2.45, 2.75) is 19.4 Å². The van der Waals surface area contributed by atoms with Crippen LogP contribution in [0.2, 0.25) is 5.02 Å². The topological polar surface area (TPSA) is 50.9 Å². The van der Waals surface area contributed by atoms with E-state index in [0.717, 1.165) is 5.69 Å². The SMILES string of the molecule is CCC(O)c1cn(-c2ccccc2Cl)nn1. The molecule has 0 aliphatic carbocycles. The van der Waals surface area contributed by atoms with Gasteiger partial charge in [0.2, 0.25) is 0 Å². The van der Waals surface area contributed by atoms with Crippen LogP contribution in [0.4, 0.5) is 0 Å². The Morgan fingerprint density at radius 2 is 2.19 bits per heavy atom. The predicted octanol–water partition coefficient (Wildman–Crippen LogP) is 2.36. The molecule has 0 fully saturated rings. The zero-order valence-electron chi connectivity index (χ0n) is 8.84. The summed E-state index contributed by atoms with van der Waals surface area (Å²) in [5.74, 6) is 0. The first-order chi connectivity index (χ1) is 7.72. The van der Waals surface area contributed by atoms with Gasteiger partial charge in [-0.2, -0.15) is 0 Å². The van der Waals surface area contributed by atoms with Gasteiger partial charge in [-0.3, -0.25) is 0 Å². The van der Waals surface area contributed by atoms with Crippen LogP contribution in [0.3, 0.4) is 0 Å². The van der Waals surface area contributed by atoms with E-state index in [1.807, 2.05) is 25.1 Å². The van der Waals surface area contributed by atoms with E-state index in [1.165, 1.54) is 0 Å². The molecule has 0 aliphatic heterocycles. The van der Waals surface area contributed by atoms with Crippen molar-refractivity contribution >= 4 is 11.6 Å². The van der Waals surface area contributed by atoms with Crippen molar-refractivity contribution in [1.29, 1.82) is 0 Å². The van der Waals surface area contributed by atoms with Crippen LogP contribution in [0.1, 0.15) is 25.1 Å². The normalized spacial score (nSPS) is 12.7. The second kappa shape index (κ2) is 4.63. The van der Waals surface area contributed by atoms with Crippen molar-refractivity contribution in [3.05, 3.63) is 41.2 Å². The largest absolute Gasteiger partial charge is 0.387 e. The van der Waals surface area contributed by atoms with Gasteiger partial charge in [-0.1, -0.05) is 35.9 Å². The standard InChI is InChI=1S/C11H12ClN3O/c1-2-11(16)9-7-15(14-13-9)10-6-4-3-5-8(10)12/h3-7,11,16H,2H2,1H3. The lowest BCUT2D eigenvalue weighted by atomic mass is 10.2. The number of benzene rings is 1. The molecule has 0 bridgehead atoms. The molecule has 84 valence electrons. The smallest absolute Gasteiger partial charge is 0.112 e. The van der Waals surface area contributed by atoms with Gasteiger partial charge in [-0.25, -0.2) is 4.68 Å². The molecule has 1 unspecified atom stereocenters. The van der Waals surface area contributed by atoms with Crippen molar-refractivity contribution in [3.8, 4) is 5.69 Å². The summed E-state index contributed by atoms with van der Waals surface area (Å²) in [6.45, 7) is 1.89. The molecule has 1 heterocycles. The quantitative estimate of drug-likeness (QED) is 0.892. The fraction of sp³-hybridized carbons (Fsp3) is 0.273. The van der Waals surface area contributed by atoms with Gasteiger partial charge in [0.25, 0.3) is 0 Å². The van der Waals surface area contributed by atoms with E-state index in [0.29, 0.717) is 17.1 Å². The van der Waals surface area contributed by atoms with E-state index in [1.54, 1.807) is 16.9 Å². The van der Waals surface area contributed by atoms with E-state index < -0.39 is 6.10 Å². The third-order valence-electron chi connectivity index (χ3n) is 2.34. The van der Waals surface area contributed by atoms with Crippen LogP contribution in [0.25, 0.3) is 5.69 Å². The van der Waals surface area contributed by atoms with E-state index in [-0.39, 0.29) is 0 Å². The summed E-state index contributed by atoms with van der Waals surface area (Å²) in [5.41, 5.74) is 1.31. The fourth-order valence-electron chi connectivity index (χ4n) is 1.39. The molecule has 1 atom stereocenters. The summed E-state index contributed by atoms with van der Waals surface area (Å²) >= 11 is 6.03. The van der Waals surface area contributed by atoms with E-state index in [2.05, 4.69) is 10.3 Å².